The van der Waals surface area contributed by atoms with Crippen molar-refractivity contribution in [3.8, 4) is 0 Å². The van der Waals surface area contributed by atoms with E-state index in [4.69, 9.17) is 0 Å². The van der Waals surface area contributed by atoms with Gasteiger partial charge in [0.15, 0.2) is 5.96 Å². The Morgan fingerprint density at radius 3 is 2.27 bits per heavy atom. The van der Waals surface area contributed by atoms with Crippen LogP contribution in [0.2, 0.25) is 0 Å². The van der Waals surface area contributed by atoms with Crippen molar-refractivity contribution in [2.75, 3.05) is 41.3 Å². The van der Waals surface area contributed by atoms with Gasteiger partial charge in [-0.25, -0.2) is 0 Å². The molecule has 0 unspecified atom stereocenters. The molecule has 0 aromatic rings. The van der Waals surface area contributed by atoms with E-state index in [1.165, 1.54) is 25.7 Å². The minimum Gasteiger partial charge on any atom is -0.356 e. The smallest absolute Gasteiger partial charge is 0.223 e. The average molecular weight is 424 g/mol. The number of carbonyl (C=O) groups is 1. The predicted octanol–water partition coefficient (Wildman–Crippen LogP) is 2.42. The van der Waals surface area contributed by atoms with Crippen molar-refractivity contribution in [2.45, 2.75) is 39.0 Å². The molecule has 1 aliphatic rings. The van der Waals surface area contributed by atoms with Gasteiger partial charge in [0.25, 0.3) is 0 Å². The summed E-state index contributed by atoms with van der Waals surface area (Å²) in [5.41, 5.74) is 0. The highest BCUT2D eigenvalue weighted by atomic mass is 127. The van der Waals surface area contributed by atoms with Crippen molar-refractivity contribution in [1.29, 1.82) is 0 Å². The summed E-state index contributed by atoms with van der Waals surface area (Å²) in [5.74, 6) is 2.69. The van der Waals surface area contributed by atoms with Gasteiger partial charge in [-0.15, -0.1) is 24.0 Å². The Morgan fingerprint density at radius 1 is 1.18 bits per heavy atom. The molecule has 0 bridgehead atoms. The molecular formula is C16H33IN4O. The Hall–Kier alpha value is -0.530. The SMILES string of the molecule is CN=C(NCCC(=O)N(C)C)N(C)CC1CCC(C)CC1.I. The first-order valence-electron chi connectivity index (χ1n) is 8.06. The number of aliphatic imine (C=N–C) groups is 1. The third-order valence-corrected chi connectivity index (χ3v) is 4.36. The Morgan fingerprint density at radius 2 is 1.77 bits per heavy atom. The lowest BCUT2D eigenvalue weighted by atomic mass is 9.83. The van der Waals surface area contributed by atoms with Crippen molar-refractivity contribution in [2.24, 2.45) is 16.8 Å². The lowest BCUT2D eigenvalue weighted by Gasteiger charge is -2.31. The number of amides is 1. The topological polar surface area (TPSA) is 47.9 Å². The molecule has 1 saturated carbocycles. The number of halogens is 1. The molecule has 0 radical (unpaired) electrons. The van der Waals surface area contributed by atoms with Crippen LogP contribution in [-0.2, 0) is 4.79 Å². The summed E-state index contributed by atoms with van der Waals surface area (Å²) < 4.78 is 0. The zero-order chi connectivity index (χ0) is 15.8. The van der Waals surface area contributed by atoms with Gasteiger partial charge in [0, 0.05) is 47.7 Å². The molecule has 0 spiro atoms. The number of carbonyl (C=O) groups excluding carboxylic acids is 1. The molecule has 0 aliphatic heterocycles. The van der Waals surface area contributed by atoms with Crippen molar-refractivity contribution >= 4 is 35.8 Å². The molecule has 0 aromatic heterocycles. The Bertz CT molecular complexity index is 352. The molecule has 22 heavy (non-hydrogen) atoms. The number of hydrogen-bond donors (Lipinski definition) is 1. The monoisotopic (exact) mass is 424 g/mol. The fraction of sp³-hybridized carbons (Fsp3) is 0.875. The first-order chi connectivity index (χ1) is 9.93. The van der Waals surface area contributed by atoms with Gasteiger partial charge in [-0.3, -0.25) is 9.79 Å². The van der Waals surface area contributed by atoms with Crippen LogP contribution in [0.3, 0.4) is 0 Å². The van der Waals surface area contributed by atoms with E-state index in [0.29, 0.717) is 13.0 Å². The normalized spacial score (nSPS) is 21.8. The van der Waals surface area contributed by atoms with Gasteiger partial charge in [0.05, 0.1) is 0 Å². The summed E-state index contributed by atoms with van der Waals surface area (Å²) in [6.45, 7) is 4.03. The van der Waals surface area contributed by atoms with Gasteiger partial charge in [-0.05, 0) is 24.7 Å². The highest BCUT2D eigenvalue weighted by Gasteiger charge is 2.20. The molecule has 1 fully saturated rings. The summed E-state index contributed by atoms with van der Waals surface area (Å²) in [4.78, 5) is 19.7. The second-order valence-electron chi connectivity index (χ2n) is 6.52. The molecule has 1 N–H and O–H groups in total. The molecule has 0 atom stereocenters. The highest BCUT2D eigenvalue weighted by Crippen LogP contribution is 2.28. The summed E-state index contributed by atoms with van der Waals surface area (Å²) in [5, 5.41) is 3.28. The van der Waals surface area contributed by atoms with Crippen LogP contribution >= 0.6 is 24.0 Å². The summed E-state index contributed by atoms with van der Waals surface area (Å²) >= 11 is 0. The van der Waals surface area contributed by atoms with Gasteiger partial charge in [0.1, 0.15) is 0 Å². The van der Waals surface area contributed by atoms with Gasteiger partial charge in [-0.1, -0.05) is 19.8 Å². The van der Waals surface area contributed by atoms with Crippen molar-refractivity contribution in [3.63, 3.8) is 0 Å². The van der Waals surface area contributed by atoms with Crippen LogP contribution in [-0.4, -0.2) is 62.9 Å². The maximum Gasteiger partial charge on any atom is 0.223 e. The molecule has 5 nitrogen and oxygen atoms in total. The van der Waals surface area contributed by atoms with Gasteiger partial charge in [-0.2, -0.15) is 0 Å². The van der Waals surface area contributed by atoms with Crippen LogP contribution in [0.5, 0.6) is 0 Å². The lowest BCUT2D eigenvalue weighted by molar-refractivity contribution is -0.128. The molecule has 130 valence electrons. The minimum absolute atomic E-state index is 0. The number of rotatable bonds is 5. The second kappa shape index (κ2) is 11.1. The van der Waals surface area contributed by atoms with Crippen LogP contribution in [0.1, 0.15) is 39.0 Å². The number of hydrogen-bond acceptors (Lipinski definition) is 2. The molecule has 1 rings (SSSR count). The highest BCUT2D eigenvalue weighted by molar-refractivity contribution is 14.0. The molecular weight excluding hydrogens is 391 g/mol. The summed E-state index contributed by atoms with van der Waals surface area (Å²) in [7, 11) is 7.46. The van der Waals surface area contributed by atoms with Gasteiger partial charge >= 0.3 is 0 Å². The Kier molecular flexibility index (Phi) is 10.8. The van der Waals surface area contributed by atoms with Crippen LogP contribution in [0.4, 0.5) is 0 Å². The first-order valence-corrected chi connectivity index (χ1v) is 8.06. The molecule has 1 amide bonds. The molecule has 0 saturated heterocycles. The average Bonchev–Trinajstić information content (AvgIpc) is 2.45. The number of nitrogens with one attached hydrogen (secondary N) is 1. The quantitative estimate of drug-likeness (QED) is 0.419. The molecule has 6 heteroatoms. The van der Waals surface area contributed by atoms with E-state index >= 15 is 0 Å². The third kappa shape index (κ3) is 7.65. The third-order valence-electron chi connectivity index (χ3n) is 4.36. The molecule has 0 heterocycles. The number of guanidine groups is 1. The Balaban J connectivity index is 0.00000441. The van der Waals surface area contributed by atoms with Crippen LogP contribution in [0.25, 0.3) is 0 Å². The standard InChI is InChI=1S/C16H32N4O.HI/c1-13-6-8-14(9-7-13)12-20(5)16(17-2)18-11-10-15(21)19(3)4;/h13-14H,6-12H2,1-5H3,(H,17,18);1H. The Labute approximate surface area is 152 Å². The van der Waals surface area contributed by atoms with E-state index in [2.05, 4.69) is 29.2 Å². The zero-order valence-electron chi connectivity index (χ0n) is 14.8. The van der Waals surface area contributed by atoms with E-state index in [-0.39, 0.29) is 29.9 Å². The van der Waals surface area contributed by atoms with E-state index < -0.39 is 0 Å². The maximum atomic E-state index is 11.6. The number of nitrogens with zero attached hydrogens (tertiary/aromatic N) is 3. The minimum atomic E-state index is 0. The largest absolute Gasteiger partial charge is 0.356 e. The van der Waals surface area contributed by atoms with Gasteiger partial charge in [0.2, 0.25) is 5.91 Å². The zero-order valence-corrected chi connectivity index (χ0v) is 17.1. The molecule has 0 aromatic carbocycles. The van der Waals surface area contributed by atoms with E-state index in [9.17, 15) is 4.79 Å². The fourth-order valence-electron chi connectivity index (χ4n) is 2.88. The first kappa shape index (κ1) is 21.5. The van der Waals surface area contributed by atoms with E-state index in [1.54, 1.807) is 26.0 Å². The van der Waals surface area contributed by atoms with Crippen LogP contribution in [0.15, 0.2) is 4.99 Å². The van der Waals surface area contributed by atoms with Crippen molar-refractivity contribution < 1.29 is 4.79 Å². The second-order valence-corrected chi connectivity index (χ2v) is 6.52. The van der Waals surface area contributed by atoms with E-state index in [1.807, 2.05) is 0 Å². The fourth-order valence-corrected chi connectivity index (χ4v) is 2.88. The summed E-state index contributed by atoms with van der Waals surface area (Å²) in [6.07, 6.45) is 5.84. The van der Waals surface area contributed by atoms with Gasteiger partial charge < -0.3 is 15.1 Å². The van der Waals surface area contributed by atoms with Crippen molar-refractivity contribution in [3.05, 3.63) is 0 Å². The lowest BCUT2D eigenvalue weighted by Crippen LogP contribution is -2.42. The van der Waals surface area contributed by atoms with E-state index in [0.717, 1.165) is 24.3 Å². The molecule has 1 aliphatic carbocycles. The maximum absolute atomic E-state index is 11.6. The summed E-state index contributed by atoms with van der Waals surface area (Å²) in [6, 6.07) is 0. The van der Waals surface area contributed by atoms with Crippen molar-refractivity contribution in [1.82, 2.24) is 15.1 Å². The van der Waals surface area contributed by atoms with Crippen LogP contribution < -0.4 is 5.32 Å². The van der Waals surface area contributed by atoms with Crippen LogP contribution in [0, 0.1) is 11.8 Å². The predicted molar refractivity (Wildman–Crippen MR) is 104 cm³/mol.